The molecule has 0 aromatic carbocycles. The molecule has 0 spiro atoms. The molecule has 20 heavy (non-hydrogen) atoms. The number of carbonyl (C=O) groups excluding carboxylic acids is 1. The van der Waals surface area contributed by atoms with Crippen molar-refractivity contribution in [2.45, 2.75) is 32.6 Å². The van der Waals surface area contributed by atoms with Gasteiger partial charge < -0.3 is 10.4 Å². The second-order valence-electron chi connectivity index (χ2n) is 5.31. The molecule has 0 radical (unpaired) electrons. The maximum atomic E-state index is 12.2. The van der Waals surface area contributed by atoms with Gasteiger partial charge in [0, 0.05) is 12.6 Å². The monoisotopic (exact) mass is 293 g/mol. The number of hydrogen-bond acceptors (Lipinski definition) is 3. The Morgan fingerprint density at radius 2 is 2.25 bits per heavy atom. The van der Waals surface area contributed by atoms with E-state index in [-0.39, 0.29) is 5.91 Å². The molecule has 4 nitrogen and oxygen atoms in total. The normalized spacial score (nSPS) is 16.2. The fourth-order valence-corrected chi connectivity index (χ4v) is 3.17. The van der Waals surface area contributed by atoms with E-state index >= 15 is 0 Å². The second-order valence-corrected chi connectivity index (χ2v) is 6.23. The molecular weight excluding hydrogens is 274 g/mol. The number of nitrogens with one attached hydrogen (secondary N) is 1. The SMILES string of the molecule is CCCC1(CNC(=O)c2sccc2/C=C/C(=O)O)CC1. The highest BCUT2D eigenvalue weighted by Crippen LogP contribution is 2.48. The molecule has 1 saturated carbocycles. The average Bonchev–Trinajstić information content (AvgIpc) is 3.01. The van der Waals surface area contributed by atoms with Crippen LogP contribution in [0.4, 0.5) is 0 Å². The van der Waals surface area contributed by atoms with Crippen molar-refractivity contribution in [1.82, 2.24) is 5.32 Å². The third-order valence-corrected chi connectivity index (χ3v) is 4.60. The molecule has 1 fully saturated rings. The maximum Gasteiger partial charge on any atom is 0.328 e. The number of carbonyl (C=O) groups is 2. The van der Waals surface area contributed by atoms with Crippen molar-refractivity contribution in [2.24, 2.45) is 5.41 Å². The van der Waals surface area contributed by atoms with Crippen molar-refractivity contribution >= 4 is 29.3 Å². The van der Waals surface area contributed by atoms with Crippen LogP contribution in [0, 0.1) is 5.41 Å². The van der Waals surface area contributed by atoms with E-state index in [4.69, 9.17) is 5.11 Å². The zero-order chi connectivity index (χ0) is 14.6. The summed E-state index contributed by atoms with van der Waals surface area (Å²) in [4.78, 5) is 23.3. The predicted molar refractivity (Wildman–Crippen MR) is 79.9 cm³/mol. The van der Waals surface area contributed by atoms with E-state index in [0.717, 1.165) is 25.5 Å². The maximum absolute atomic E-state index is 12.2. The van der Waals surface area contributed by atoms with E-state index in [0.29, 0.717) is 15.9 Å². The smallest absolute Gasteiger partial charge is 0.328 e. The van der Waals surface area contributed by atoms with E-state index in [1.165, 1.54) is 30.3 Å². The number of amides is 1. The van der Waals surface area contributed by atoms with Gasteiger partial charge in [0.05, 0.1) is 4.88 Å². The Morgan fingerprint density at radius 1 is 1.50 bits per heavy atom. The molecule has 1 aliphatic carbocycles. The molecule has 0 saturated heterocycles. The van der Waals surface area contributed by atoms with Crippen molar-refractivity contribution in [3.8, 4) is 0 Å². The summed E-state index contributed by atoms with van der Waals surface area (Å²) in [5, 5.41) is 13.4. The lowest BCUT2D eigenvalue weighted by Crippen LogP contribution is -2.30. The molecule has 1 aromatic rings. The molecule has 108 valence electrons. The summed E-state index contributed by atoms with van der Waals surface area (Å²) in [6, 6.07) is 1.76. The van der Waals surface area contributed by atoms with Gasteiger partial charge in [0.2, 0.25) is 0 Å². The summed E-state index contributed by atoms with van der Waals surface area (Å²) in [6.45, 7) is 2.88. The van der Waals surface area contributed by atoms with E-state index in [1.807, 2.05) is 0 Å². The highest BCUT2D eigenvalue weighted by atomic mass is 32.1. The highest BCUT2D eigenvalue weighted by Gasteiger charge is 2.41. The summed E-state index contributed by atoms with van der Waals surface area (Å²) < 4.78 is 0. The Labute approximate surface area is 122 Å². The quantitative estimate of drug-likeness (QED) is 0.759. The molecular formula is C15H19NO3S. The van der Waals surface area contributed by atoms with E-state index < -0.39 is 5.97 Å². The van der Waals surface area contributed by atoms with Gasteiger partial charge in [-0.15, -0.1) is 11.3 Å². The molecule has 5 heteroatoms. The van der Waals surface area contributed by atoms with Gasteiger partial charge in [-0.2, -0.15) is 0 Å². The molecule has 0 aliphatic heterocycles. The molecule has 0 bridgehead atoms. The van der Waals surface area contributed by atoms with Gasteiger partial charge in [-0.05, 0) is 47.8 Å². The van der Waals surface area contributed by atoms with E-state index in [1.54, 1.807) is 11.4 Å². The Balaban J connectivity index is 1.96. The average molecular weight is 293 g/mol. The van der Waals surface area contributed by atoms with Gasteiger partial charge in [-0.3, -0.25) is 4.79 Å². The van der Waals surface area contributed by atoms with Gasteiger partial charge in [0.25, 0.3) is 5.91 Å². The van der Waals surface area contributed by atoms with Crippen molar-refractivity contribution in [2.75, 3.05) is 6.54 Å². The second kappa shape index (κ2) is 6.22. The van der Waals surface area contributed by atoms with Gasteiger partial charge in [0.15, 0.2) is 0 Å². The molecule has 1 aliphatic rings. The third-order valence-electron chi connectivity index (χ3n) is 3.67. The van der Waals surface area contributed by atoms with Crippen LogP contribution < -0.4 is 5.32 Å². The minimum atomic E-state index is -1.01. The van der Waals surface area contributed by atoms with Gasteiger partial charge in [-0.25, -0.2) is 4.79 Å². The van der Waals surface area contributed by atoms with E-state index in [9.17, 15) is 9.59 Å². The van der Waals surface area contributed by atoms with Gasteiger partial charge >= 0.3 is 5.97 Å². The summed E-state index contributed by atoms with van der Waals surface area (Å²) in [6.07, 6.45) is 7.20. The number of aliphatic carboxylic acids is 1. The zero-order valence-electron chi connectivity index (χ0n) is 11.5. The molecule has 1 aromatic heterocycles. The molecule has 2 N–H and O–H groups in total. The fraction of sp³-hybridized carbons (Fsp3) is 0.467. The van der Waals surface area contributed by atoms with Gasteiger partial charge in [0.1, 0.15) is 0 Å². The predicted octanol–water partition coefficient (Wildman–Crippen LogP) is 3.16. The first-order valence-corrected chi connectivity index (χ1v) is 7.71. The van der Waals surface area contributed by atoms with E-state index in [2.05, 4.69) is 12.2 Å². The van der Waals surface area contributed by atoms with Crippen LogP contribution in [-0.2, 0) is 4.79 Å². The largest absolute Gasteiger partial charge is 0.478 e. The van der Waals surface area contributed by atoms with Crippen LogP contribution in [0.15, 0.2) is 17.5 Å². The molecule has 0 unspecified atom stereocenters. The standard InChI is InChI=1S/C15H19NO3S/c1-2-6-15(7-8-15)10-16-14(19)13-11(5-9-20-13)3-4-12(17)18/h3-5,9H,2,6-8,10H2,1H3,(H,16,19)(H,17,18)/b4-3+. The Kier molecular flexibility index (Phi) is 4.60. The van der Waals surface area contributed by atoms with Crippen molar-refractivity contribution in [3.05, 3.63) is 28.0 Å². The highest BCUT2D eigenvalue weighted by molar-refractivity contribution is 7.12. The summed E-state index contributed by atoms with van der Waals surface area (Å²) in [5.74, 6) is -1.12. The summed E-state index contributed by atoms with van der Waals surface area (Å²) >= 11 is 1.34. The molecule has 0 atom stereocenters. The minimum Gasteiger partial charge on any atom is -0.478 e. The zero-order valence-corrected chi connectivity index (χ0v) is 12.3. The van der Waals surface area contributed by atoms with Crippen LogP contribution in [-0.4, -0.2) is 23.5 Å². The van der Waals surface area contributed by atoms with Crippen LogP contribution >= 0.6 is 11.3 Å². The minimum absolute atomic E-state index is 0.104. The van der Waals surface area contributed by atoms with Gasteiger partial charge in [-0.1, -0.05) is 13.3 Å². The first kappa shape index (κ1) is 14.8. The first-order valence-electron chi connectivity index (χ1n) is 6.83. The fourth-order valence-electron chi connectivity index (χ4n) is 2.37. The van der Waals surface area contributed by atoms with Crippen LogP contribution in [0.5, 0.6) is 0 Å². The lowest BCUT2D eigenvalue weighted by Gasteiger charge is -2.14. The Bertz CT molecular complexity index is 529. The molecule has 1 amide bonds. The topological polar surface area (TPSA) is 66.4 Å². The Morgan fingerprint density at radius 3 is 2.85 bits per heavy atom. The lowest BCUT2D eigenvalue weighted by atomic mass is 10.0. The first-order chi connectivity index (χ1) is 9.56. The number of thiophene rings is 1. The van der Waals surface area contributed by atoms with Crippen LogP contribution in [0.1, 0.15) is 47.8 Å². The summed E-state index contributed by atoms with van der Waals surface area (Å²) in [7, 11) is 0. The molecule has 2 rings (SSSR count). The molecule has 1 heterocycles. The van der Waals surface area contributed by atoms with Crippen LogP contribution in [0.25, 0.3) is 6.08 Å². The number of carboxylic acids is 1. The lowest BCUT2D eigenvalue weighted by molar-refractivity contribution is -0.131. The Hall–Kier alpha value is -1.62. The summed E-state index contributed by atoms with van der Waals surface area (Å²) in [5.41, 5.74) is 0.980. The van der Waals surface area contributed by atoms with Crippen molar-refractivity contribution < 1.29 is 14.7 Å². The third kappa shape index (κ3) is 3.70. The number of rotatable bonds is 7. The number of carboxylic acid groups (broad SMARTS) is 1. The van der Waals surface area contributed by atoms with Crippen molar-refractivity contribution in [3.63, 3.8) is 0 Å². The van der Waals surface area contributed by atoms with Crippen molar-refractivity contribution in [1.29, 1.82) is 0 Å². The van der Waals surface area contributed by atoms with Crippen LogP contribution in [0.3, 0.4) is 0 Å². The number of hydrogen-bond donors (Lipinski definition) is 2. The van der Waals surface area contributed by atoms with Crippen LogP contribution in [0.2, 0.25) is 0 Å².